The van der Waals surface area contributed by atoms with Gasteiger partial charge in [-0.05, 0) is 23.9 Å². The second kappa shape index (κ2) is 5.42. The smallest absolute Gasteiger partial charge is 0.257 e. The number of fused-ring (bicyclic) bond motifs is 2. The minimum Gasteiger partial charge on any atom is -0.451 e. The second-order valence-corrected chi connectivity index (χ2v) is 7.51. The van der Waals surface area contributed by atoms with Crippen molar-refractivity contribution in [2.45, 2.75) is 43.4 Å². The normalized spacial score (nSPS) is 34.9. The number of hydrogen-bond acceptors (Lipinski definition) is 6. The minimum absolute atomic E-state index is 0.165. The number of aliphatic hydroxyl groups is 3. The van der Waals surface area contributed by atoms with Crippen molar-refractivity contribution in [3.05, 3.63) is 36.4 Å². The predicted molar refractivity (Wildman–Crippen MR) is 91.8 cm³/mol. The highest BCUT2D eigenvalue weighted by atomic mass is 16.7. The Bertz CT molecular complexity index is 852. The van der Waals surface area contributed by atoms with E-state index in [1.807, 2.05) is 36.4 Å². The average molecular weight is 356 g/mol. The standard InChI is InChI=1S/C20H20O6/c21-11-7-8-20(18-17(11)12(22)9-13(23)19(18)24)25-14-5-1-3-10-4-2-6-15(26-20)16(10)14/h1-6,11,13,17-19,21,23-24H,7-9H2/t11-,13-,17+,18-,19+/m0/s1. The van der Waals surface area contributed by atoms with Crippen LogP contribution in [0.3, 0.4) is 0 Å². The zero-order valence-electron chi connectivity index (χ0n) is 14.0. The third-order valence-electron chi connectivity index (χ3n) is 6.04. The summed E-state index contributed by atoms with van der Waals surface area (Å²) in [4.78, 5) is 12.5. The lowest BCUT2D eigenvalue weighted by Gasteiger charge is -2.53. The van der Waals surface area contributed by atoms with Gasteiger partial charge in [0.25, 0.3) is 5.79 Å². The highest BCUT2D eigenvalue weighted by Gasteiger charge is 2.62. The molecule has 0 unspecified atom stereocenters. The molecule has 136 valence electrons. The van der Waals surface area contributed by atoms with Crippen LogP contribution < -0.4 is 9.47 Å². The molecular weight excluding hydrogens is 336 g/mol. The first-order chi connectivity index (χ1) is 12.5. The number of carbonyl (C=O) groups is 1. The Balaban J connectivity index is 1.66. The summed E-state index contributed by atoms with van der Waals surface area (Å²) in [5.41, 5.74) is 0. The Morgan fingerprint density at radius 2 is 1.62 bits per heavy atom. The number of ketones is 1. The first kappa shape index (κ1) is 16.1. The summed E-state index contributed by atoms with van der Waals surface area (Å²) in [7, 11) is 0. The summed E-state index contributed by atoms with van der Waals surface area (Å²) in [6.07, 6.45) is -2.80. The quantitative estimate of drug-likeness (QED) is 0.660. The van der Waals surface area contributed by atoms with Crippen LogP contribution in [0.1, 0.15) is 19.3 Å². The average Bonchev–Trinajstić information content (AvgIpc) is 2.62. The van der Waals surface area contributed by atoms with Gasteiger partial charge >= 0.3 is 0 Å². The van der Waals surface area contributed by atoms with E-state index in [2.05, 4.69) is 0 Å². The van der Waals surface area contributed by atoms with Crippen molar-refractivity contribution in [3.63, 3.8) is 0 Å². The number of rotatable bonds is 0. The topological polar surface area (TPSA) is 96.2 Å². The molecule has 1 aliphatic heterocycles. The van der Waals surface area contributed by atoms with Crippen molar-refractivity contribution < 1.29 is 29.6 Å². The van der Waals surface area contributed by atoms with E-state index in [1.54, 1.807) is 0 Å². The molecule has 3 aliphatic rings. The molecule has 2 fully saturated rings. The molecule has 26 heavy (non-hydrogen) atoms. The second-order valence-electron chi connectivity index (χ2n) is 7.51. The first-order valence-electron chi connectivity index (χ1n) is 8.97. The molecule has 2 aromatic rings. The maximum absolute atomic E-state index is 12.5. The van der Waals surface area contributed by atoms with Crippen LogP contribution in [-0.4, -0.2) is 45.2 Å². The van der Waals surface area contributed by atoms with E-state index in [1.165, 1.54) is 0 Å². The molecule has 6 nitrogen and oxygen atoms in total. The molecular formula is C20H20O6. The zero-order chi connectivity index (χ0) is 18.1. The molecule has 1 spiro atoms. The number of carbonyl (C=O) groups excluding carboxylic acids is 1. The summed E-state index contributed by atoms with van der Waals surface area (Å²) >= 11 is 0. The van der Waals surface area contributed by atoms with Crippen molar-refractivity contribution in [1.29, 1.82) is 0 Å². The molecule has 0 amide bonds. The molecule has 5 rings (SSSR count). The third-order valence-corrected chi connectivity index (χ3v) is 6.04. The van der Waals surface area contributed by atoms with Crippen LogP contribution in [0.4, 0.5) is 0 Å². The van der Waals surface area contributed by atoms with Crippen LogP contribution in [0.2, 0.25) is 0 Å². The molecule has 0 radical (unpaired) electrons. The summed E-state index contributed by atoms with van der Waals surface area (Å²) in [6.45, 7) is 0. The van der Waals surface area contributed by atoms with Gasteiger partial charge in [-0.3, -0.25) is 4.79 Å². The van der Waals surface area contributed by atoms with Gasteiger partial charge in [0.15, 0.2) is 0 Å². The van der Waals surface area contributed by atoms with Gasteiger partial charge in [0.1, 0.15) is 17.3 Å². The Morgan fingerprint density at radius 3 is 2.27 bits per heavy atom. The van der Waals surface area contributed by atoms with E-state index in [4.69, 9.17) is 9.47 Å². The largest absolute Gasteiger partial charge is 0.451 e. The van der Waals surface area contributed by atoms with E-state index in [0.717, 1.165) is 10.8 Å². The minimum atomic E-state index is -1.29. The van der Waals surface area contributed by atoms with Crippen molar-refractivity contribution in [1.82, 2.24) is 0 Å². The number of hydrogen-bond donors (Lipinski definition) is 3. The molecule has 0 aromatic heterocycles. The first-order valence-corrected chi connectivity index (χ1v) is 8.97. The lowest BCUT2D eigenvalue weighted by Crippen LogP contribution is -2.67. The van der Waals surface area contributed by atoms with E-state index in [9.17, 15) is 20.1 Å². The fourth-order valence-corrected chi connectivity index (χ4v) is 4.87. The van der Waals surface area contributed by atoms with Crippen molar-refractivity contribution >= 4 is 16.6 Å². The van der Waals surface area contributed by atoms with Crippen molar-refractivity contribution in [3.8, 4) is 11.5 Å². The molecule has 2 aromatic carbocycles. The molecule has 5 atom stereocenters. The number of aliphatic hydroxyl groups excluding tert-OH is 3. The Kier molecular flexibility index (Phi) is 3.35. The molecule has 2 saturated carbocycles. The Labute approximate surface area is 150 Å². The Hall–Kier alpha value is -2.15. The van der Waals surface area contributed by atoms with Crippen molar-refractivity contribution in [2.24, 2.45) is 11.8 Å². The van der Waals surface area contributed by atoms with Crippen LogP contribution in [0.15, 0.2) is 36.4 Å². The maximum Gasteiger partial charge on any atom is 0.257 e. The number of Topliss-reactive ketones (excluding diaryl/α,β-unsaturated/α-hetero) is 1. The number of benzene rings is 2. The van der Waals surface area contributed by atoms with E-state index in [-0.39, 0.29) is 12.2 Å². The van der Waals surface area contributed by atoms with Crippen LogP contribution in [0, 0.1) is 11.8 Å². The van der Waals surface area contributed by atoms with Crippen LogP contribution in [0.5, 0.6) is 11.5 Å². The third kappa shape index (κ3) is 2.06. The molecule has 2 aliphatic carbocycles. The maximum atomic E-state index is 12.5. The van der Waals surface area contributed by atoms with Crippen LogP contribution >= 0.6 is 0 Å². The summed E-state index contributed by atoms with van der Waals surface area (Å²) in [6, 6.07) is 11.4. The Morgan fingerprint density at radius 1 is 0.962 bits per heavy atom. The van der Waals surface area contributed by atoms with Gasteiger partial charge in [0, 0.05) is 12.8 Å². The van der Waals surface area contributed by atoms with E-state index in [0.29, 0.717) is 24.3 Å². The lowest BCUT2D eigenvalue weighted by atomic mass is 9.63. The lowest BCUT2D eigenvalue weighted by molar-refractivity contribution is -0.253. The molecule has 0 bridgehead atoms. The van der Waals surface area contributed by atoms with Crippen molar-refractivity contribution in [2.75, 3.05) is 0 Å². The summed E-state index contributed by atoms with van der Waals surface area (Å²) in [5, 5.41) is 33.1. The van der Waals surface area contributed by atoms with Gasteiger partial charge in [-0.1, -0.05) is 24.3 Å². The fourth-order valence-electron chi connectivity index (χ4n) is 4.87. The van der Waals surface area contributed by atoms with E-state index >= 15 is 0 Å². The summed E-state index contributed by atoms with van der Waals surface area (Å²) < 4.78 is 12.5. The predicted octanol–water partition coefficient (Wildman–Crippen LogP) is 1.39. The van der Waals surface area contributed by atoms with Gasteiger partial charge in [0.05, 0.1) is 35.5 Å². The summed E-state index contributed by atoms with van der Waals surface area (Å²) in [5.74, 6) is -1.96. The van der Waals surface area contributed by atoms with Crippen LogP contribution in [-0.2, 0) is 4.79 Å². The van der Waals surface area contributed by atoms with Gasteiger partial charge in [-0.2, -0.15) is 0 Å². The zero-order valence-corrected chi connectivity index (χ0v) is 14.0. The van der Waals surface area contributed by atoms with Gasteiger partial charge < -0.3 is 24.8 Å². The molecule has 0 saturated heterocycles. The highest BCUT2D eigenvalue weighted by molar-refractivity contribution is 5.94. The van der Waals surface area contributed by atoms with Gasteiger partial charge in [0.2, 0.25) is 0 Å². The van der Waals surface area contributed by atoms with Gasteiger partial charge in [-0.25, -0.2) is 0 Å². The molecule has 1 heterocycles. The molecule has 3 N–H and O–H groups in total. The SMILES string of the molecule is O=C1C[C@H](O)[C@@H](O)[C@@H]2[C@@H]1[C@@H](O)CCC21Oc2cccc3cccc(c23)O1. The van der Waals surface area contributed by atoms with E-state index < -0.39 is 35.9 Å². The number of ether oxygens (including phenoxy) is 2. The monoisotopic (exact) mass is 356 g/mol. The highest BCUT2D eigenvalue weighted by Crippen LogP contribution is 2.52. The van der Waals surface area contributed by atoms with Crippen LogP contribution in [0.25, 0.3) is 10.8 Å². The fraction of sp³-hybridized carbons (Fsp3) is 0.450. The van der Waals surface area contributed by atoms with Gasteiger partial charge in [-0.15, -0.1) is 0 Å². The molecule has 6 heteroatoms.